The van der Waals surface area contributed by atoms with E-state index in [2.05, 4.69) is 0 Å². The smallest absolute Gasteiger partial charge is 0.228 e. The highest BCUT2D eigenvalue weighted by Gasteiger charge is 2.17. The molecule has 0 unspecified atom stereocenters. The van der Waals surface area contributed by atoms with Crippen molar-refractivity contribution in [3.63, 3.8) is 0 Å². The van der Waals surface area contributed by atoms with E-state index in [0.29, 0.717) is 5.69 Å². The number of halogens is 2. The van der Waals surface area contributed by atoms with Crippen LogP contribution in [0.4, 0.5) is 15.8 Å². The maximum Gasteiger partial charge on any atom is 0.228 e. The van der Waals surface area contributed by atoms with E-state index in [9.17, 15) is 14.0 Å². The molecule has 0 radical (unpaired) electrons. The molecule has 0 aliphatic heterocycles. The van der Waals surface area contributed by atoms with Gasteiger partial charge in [-0.05, 0) is 30.3 Å². The first kappa shape index (κ1) is 17.9. The van der Waals surface area contributed by atoms with Crippen LogP contribution in [0.2, 0.25) is 5.02 Å². The summed E-state index contributed by atoms with van der Waals surface area (Å²) in [6.45, 7) is 1.58. The number of carbonyl (C=O) groups excluding carboxylic acids is 2. The number of para-hydroxylation sites is 1. The SMILES string of the molecule is CC(=O)N(CCC(=O)N(C)c1ccccc1)c1ccc(F)c(Cl)c1. The zero-order chi connectivity index (χ0) is 17.7. The van der Waals surface area contributed by atoms with Gasteiger partial charge in [0.25, 0.3) is 0 Å². The average molecular weight is 349 g/mol. The number of hydrogen-bond acceptors (Lipinski definition) is 2. The first-order valence-corrected chi connectivity index (χ1v) is 7.82. The summed E-state index contributed by atoms with van der Waals surface area (Å²) in [6.07, 6.45) is 0.139. The zero-order valence-electron chi connectivity index (χ0n) is 13.5. The molecule has 0 bridgehead atoms. The van der Waals surface area contributed by atoms with Gasteiger partial charge in [-0.2, -0.15) is 0 Å². The number of benzene rings is 2. The summed E-state index contributed by atoms with van der Waals surface area (Å²) in [5.74, 6) is -0.919. The molecule has 2 rings (SSSR count). The second kappa shape index (κ2) is 7.93. The van der Waals surface area contributed by atoms with Crippen molar-refractivity contribution in [1.29, 1.82) is 0 Å². The fourth-order valence-electron chi connectivity index (χ4n) is 2.29. The van der Waals surface area contributed by atoms with E-state index >= 15 is 0 Å². The lowest BCUT2D eigenvalue weighted by atomic mass is 10.2. The van der Waals surface area contributed by atoms with Crippen molar-refractivity contribution in [2.45, 2.75) is 13.3 Å². The number of hydrogen-bond donors (Lipinski definition) is 0. The second-order valence-corrected chi connectivity index (χ2v) is 5.71. The molecule has 0 spiro atoms. The van der Waals surface area contributed by atoms with Crippen molar-refractivity contribution >= 4 is 34.8 Å². The molecule has 0 aliphatic carbocycles. The normalized spacial score (nSPS) is 10.3. The van der Waals surface area contributed by atoms with Crippen LogP contribution in [0.5, 0.6) is 0 Å². The van der Waals surface area contributed by atoms with Gasteiger partial charge in [-0.15, -0.1) is 0 Å². The summed E-state index contributed by atoms with van der Waals surface area (Å²) >= 11 is 5.77. The molecule has 0 aliphatic rings. The molecule has 2 aromatic rings. The van der Waals surface area contributed by atoms with Crippen LogP contribution in [0.15, 0.2) is 48.5 Å². The van der Waals surface area contributed by atoms with E-state index in [4.69, 9.17) is 11.6 Å². The fourth-order valence-corrected chi connectivity index (χ4v) is 2.47. The molecule has 0 fully saturated rings. The van der Waals surface area contributed by atoms with Crippen LogP contribution in [-0.2, 0) is 9.59 Å². The lowest BCUT2D eigenvalue weighted by Gasteiger charge is -2.23. The Morgan fingerprint density at radius 3 is 2.33 bits per heavy atom. The highest BCUT2D eigenvalue weighted by atomic mass is 35.5. The largest absolute Gasteiger partial charge is 0.315 e. The van der Waals surface area contributed by atoms with Gasteiger partial charge in [0, 0.05) is 38.3 Å². The van der Waals surface area contributed by atoms with Crippen LogP contribution in [-0.4, -0.2) is 25.4 Å². The van der Waals surface area contributed by atoms with Crippen molar-refractivity contribution in [3.05, 3.63) is 59.4 Å². The Kier molecular flexibility index (Phi) is 5.93. The van der Waals surface area contributed by atoms with E-state index in [0.717, 1.165) is 5.69 Å². The van der Waals surface area contributed by atoms with Gasteiger partial charge in [0.1, 0.15) is 5.82 Å². The van der Waals surface area contributed by atoms with Crippen molar-refractivity contribution in [2.24, 2.45) is 0 Å². The Morgan fingerprint density at radius 1 is 1.08 bits per heavy atom. The van der Waals surface area contributed by atoms with Gasteiger partial charge in [0.05, 0.1) is 5.02 Å². The number of nitrogens with zero attached hydrogens (tertiary/aromatic N) is 2. The van der Waals surface area contributed by atoms with Crippen LogP contribution in [0.3, 0.4) is 0 Å². The summed E-state index contributed by atoms with van der Waals surface area (Å²) in [4.78, 5) is 27.1. The van der Waals surface area contributed by atoms with Gasteiger partial charge in [-0.1, -0.05) is 29.8 Å². The van der Waals surface area contributed by atoms with Gasteiger partial charge >= 0.3 is 0 Å². The Labute approximate surface area is 145 Å². The van der Waals surface area contributed by atoms with E-state index in [1.807, 2.05) is 30.3 Å². The van der Waals surface area contributed by atoms with Gasteiger partial charge < -0.3 is 9.80 Å². The topological polar surface area (TPSA) is 40.6 Å². The highest BCUT2D eigenvalue weighted by molar-refractivity contribution is 6.31. The third kappa shape index (κ3) is 4.32. The Morgan fingerprint density at radius 2 is 1.75 bits per heavy atom. The van der Waals surface area contributed by atoms with Gasteiger partial charge in [-0.3, -0.25) is 9.59 Å². The minimum absolute atomic E-state index is 0.0634. The molecule has 6 heteroatoms. The summed E-state index contributed by atoms with van der Waals surface area (Å²) in [6, 6.07) is 13.3. The van der Waals surface area contributed by atoms with Crippen LogP contribution < -0.4 is 9.80 Å². The van der Waals surface area contributed by atoms with Gasteiger partial charge in [0.15, 0.2) is 0 Å². The second-order valence-electron chi connectivity index (χ2n) is 5.31. The van der Waals surface area contributed by atoms with Gasteiger partial charge in [0.2, 0.25) is 11.8 Å². The van der Waals surface area contributed by atoms with Crippen LogP contribution in [0.1, 0.15) is 13.3 Å². The van der Waals surface area contributed by atoms with Crippen LogP contribution >= 0.6 is 11.6 Å². The van der Waals surface area contributed by atoms with E-state index in [-0.39, 0.29) is 29.8 Å². The molecule has 0 saturated carbocycles. The minimum Gasteiger partial charge on any atom is -0.315 e. The molecule has 2 aromatic carbocycles. The summed E-state index contributed by atoms with van der Waals surface area (Å²) in [7, 11) is 1.69. The van der Waals surface area contributed by atoms with Crippen molar-refractivity contribution in [3.8, 4) is 0 Å². The molecule has 0 heterocycles. The Hall–Kier alpha value is -2.40. The first-order chi connectivity index (χ1) is 11.4. The first-order valence-electron chi connectivity index (χ1n) is 7.45. The van der Waals surface area contributed by atoms with E-state index in [1.54, 1.807) is 7.05 Å². The predicted molar refractivity (Wildman–Crippen MR) is 93.9 cm³/mol. The van der Waals surface area contributed by atoms with Crippen molar-refractivity contribution in [2.75, 3.05) is 23.4 Å². The van der Waals surface area contributed by atoms with E-state index in [1.165, 1.54) is 34.9 Å². The molecule has 0 saturated heterocycles. The molecule has 0 aromatic heterocycles. The molecular weight excluding hydrogens is 331 g/mol. The summed E-state index contributed by atoms with van der Waals surface area (Å²) in [5.41, 5.74) is 1.24. The minimum atomic E-state index is -0.552. The Balaban J connectivity index is 2.07. The lowest BCUT2D eigenvalue weighted by Crippen LogP contribution is -2.34. The van der Waals surface area contributed by atoms with Gasteiger partial charge in [-0.25, -0.2) is 4.39 Å². The number of rotatable bonds is 5. The highest BCUT2D eigenvalue weighted by Crippen LogP contribution is 2.23. The molecule has 0 atom stereocenters. The zero-order valence-corrected chi connectivity index (χ0v) is 14.3. The van der Waals surface area contributed by atoms with E-state index < -0.39 is 5.82 Å². The molecule has 24 heavy (non-hydrogen) atoms. The maximum atomic E-state index is 13.3. The molecule has 2 amide bonds. The molecular formula is C18H18ClFN2O2. The fraction of sp³-hybridized carbons (Fsp3) is 0.222. The van der Waals surface area contributed by atoms with Crippen LogP contribution in [0.25, 0.3) is 0 Å². The molecule has 126 valence electrons. The average Bonchev–Trinajstić information content (AvgIpc) is 2.57. The molecule has 4 nitrogen and oxygen atoms in total. The third-order valence-corrected chi connectivity index (χ3v) is 3.95. The maximum absolute atomic E-state index is 13.3. The quantitative estimate of drug-likeness (QED) is 0.822. The van der Waals surface area contributed by atoms with Crippen molar-refractivity contribution < 1.29 is 14.0 Å². The number of carbonyl (C=O) groups is 2. The monoisotopic (exact) mass is 348 g/mol. The lowest BCUT2D eigenvalue weighted by molar-refractivity contribution is -0.118. The summed E-state index contributed by atoms with van der Waals surface area (Å²) in [5, 5.41) is -0.0634. The van der Waals surface area contributed by atoms with Crippen LogP contribution in [0, 0.1) is 5.82 Å². The standard InChI is InChI=1S/C18H18ClFN2O2/c1-13(23)22(15-8-9-17(20)16(19)12-15)11-10-18(24)21(2)14-6-4-3-5-7-14/h3-9,12H,10-11H2,1-2H3. The number of amides is 2. The summed E-state index contributed by atoms with van der Waals surface area (Å²) < 4.78 is 13.3. The molecule has 0 N–H and O–H groups in total. The van der Waals surface area contributed by atoms with Crippen molar-refractivity contribution in [1.82, 2.24) is 0 Å². The third-order valence-electron chi connectivity index (χ3n) is 3.66. The number of anilines is 2. The predicted octanol–water partition coefficient (Wildman–Crippen LogP) is 3.89. The Bertz CT molecular complexity index is 737.